The number of nitrogens with one attached hydrogen (secondary N) is 2. The molecule has 0 spiro atoms. The first-order chi connectivity index (χ1) is 15.3. The number of amides is 3. The molecule has 2 fully saturated rings. The molecule has 2 unspecified atom stereocenters. The fourth-order valence-corrected chi connectivity index (χ4v) is 4.51. The predicted octanol–water partition coefficient (Wildman–Crippen LogP) is 0.898. The number of hydrogen-bond acceptors (Lipinski definition) is 6. The van der Waals surface area contributed by atoms with Crippen molar-refractivity contribution in [2.75, 3.05) is 0 Å². The Morgan fingerprint density at radius 3 is 2.47 bits per heavy atom. The lowest BCUT2D eigenvalue weighted by molar-refractivity contribution is -0.155. The molecule has 0 saturated carbocycles. The minimum atomic E-state index is -1.40. The average molecular weight is 462 g/mol. The molecular formula is C22H24ClN3O6. The standard InChI is InChI=1S/C22H24ClN3O6/c23-13-7-5-12(6-8-13)19(28)24-15-4-2-1-3-14-9-10-17(26(14)21(15)30)20(29)25-16-11-18(27)32-22(16)31/h1-2,5-8,14-17,22,31H,3-4,9-11H2,(H,24,28)(H,25,29)/t14-,15+,16?,17+,22?/m1/s1. The minimum Gasteiger partial charge on any atom is -0.434 e. The maximum atomic E-state index is 13.4. The van der Waals surface area contributed by atoms with Crippen LogP contribution in [-0.4, -0.2) is 64.2 Å². The molecule has 3 amide bonds. The minimum absolute atomic E-state index is 0.125. The number of fused-ring (bicyclic) bond motifs is 1. The smallest absolute Gasteiger partial charge is 0.310 e. The molecule has 10 heteroatoms. The summed E-state index contributed by atoms with van der Waals surface area (Å²) in [6, 6.07) is 3.75. The maximum absolute atomic E-state index is 13.4. The third kappa shape index (κ3) is 4.63. The lowest BCUT2D eigenvalue weighted by atomic mass is 10.0. The van der Waals surface area contributed by atoms with Gasteiger partial charge in [0.15, 0.2) is 0 Å². The molecule has 2 saturated heterocycles. The van der Waals surface area contributed by atoms with E-state index in [0.717, 1.165) is 0 Å². The van der Waals surface area contributed by atoms with Gasteiger partial charge in [-0.25, -0.2) is 0 Å². The van der Waals surface area contributed by atoms with E-state index < -0.39 is 42.2 Å². The van der Waals surface area contributed by atoms with Crippen LogP contribution in [0.2, 0.25) is 5.02 Å². The molecule has 3 N–H and O–H groups in total. The first-order valence-corrected chi connectivity index (χ1v) is 10.9. The van der Waals surface area contributed by atoms with Gasteiger partial charge in [0.2, 0.25) is 18.1 Å². The number of aliphatic hydroxyl groups is 1. The average Bonchev–Trinajstić information content (AvgIpc) is 3.31. The van der Waals surface area contributed by atoms with Crippen molar-refractivity contribution < 1.29 is 29.0 Å². The Morgan fingerprint density at radius 1 is 1.06 bits per heavy atom. The molecule has 0 aliphatic carbocycles. The van der Waals surface area contributed by atoms with E-state index in [0.29, 0.717) is 36.3 Å². The van der Waals surface area contributed by atoms with Crippen LogP contribution in [0.3, 0.4) is 0 Å². The number of cyclic esters (lactones) is 1. The molecule has 5 atom stereocenters. The zero-order valence-corrected chi connectivity index (χ0v) is 18.0. The molecule has 0 bridgehead atoms. The second-order valence-corrected chi connectivity index (χ2v) is 8.60. The summed E-state index contributed by atoms with van der Waals surface area (Å²) in [5, 5.41) is 15.7. The Bertz CT molecular complexity index is 949. The van der Waals surface area contributed by atoms with Crippen LogP contribution in [0, 0.1) is 0 Å². The van der Waals surface area contributed by atoms with Crippen molar-refractivity contribution in [3.8, 4) is 0 Å². The molecule has 1 aromatic carbocycles. The summed E-state index contributed by atoms with van der Waals surface area (Å²) < 4.78 is 4.67. The van der Waals surface area contributed by atoms with Gasteiger partial charge < -0.3 is 25.4 Å². The van der Waals surface area contributed by atoms with Crippen LogP contribution in [0.15, 0.2) is 36.4 Å². The summed E-state index contributed by atoms with van der Waals surface area (Å²) >= 11 is 5.87. The molecule has 3 heterocycles. The number of halogens is 1. The molecule has 32 heavy (non-hydrogen) atoms. The van der Waals surface area contributed by atoms with Crippen LogP contribution < -0.4 is 10.6 Å². The van der Waals surface area contributed by atoms with Crippen molar-refractivity contribution >= 4 is 35.3 Å². The van der Waals surface area contributed by atoms with Crippen LogP contribution in [0.4, 0.5) is 0 Å². The van der Waals surface area contributed by atoms with Gasteiger partial charge in [-0.15, -0.1) is 0 Å². The quantitative estimate of drug-likeness (QED) is 0.452. The van der Waals surface area contributed by atoms with Crippen molar-refractivity contribution in [1.82, 2.24) is 15.5 Å². The van der Waals surface area contributed by atoms with E-state index in [4.69, 9.17) is 11.6 Å². The first-order valence-electron chi connectivity index (χ1n) is 10.5. The first kappa shape index (κ1) is 22.3. The fraction of sp³-hybridized carbons (Fsp3) is 0.455. The topological polar surface area (TPSA) is 125 Å². The Morgan fingerprint density at radius 2 is 1.78 bits per heavy atom. The van der Waals surface area contributed by atoms with E-state index in [-0.39, 0.29) is 18.4 Å². The molecule has 3 aliphatic rings. The van der Waals surface area contributed by atoms with Gasteiger partial charge in [0, 0.05) is 16.6 Å². The lowest BCUT2D eigenvalue weighted by Gasteiger charge is -2.34. The number of benzene rings is 1. The number of ether oxygens (including phenoxy) is 1. The van der Waals surface area contributed by atoms with Gasteiger partial charge in [0.1, 0.15) is 18.1 Å². The Hall–Kier alpha value is -2.91. The highest BCUT2D eigenvalue weighted by Gasteiger charge is 2.45. The van der Waals surface area contributed by atoms with Crippen molar-refractivity contribution in [1.29, 1.82) is 0 Å². The highest BCUT2D eigenvalue weighted by molar-refractivity contribution is 6.30. The Labute approximate surface area is 189 Å². The molecular weight excluding hydrogens is 438 g/mol. The van der Waals surface area contributed by atoms with Gasteiger partial charge >= 0.3 is 5.97 Å². The van der Waals surface area contributed by atoms with Gasteiger partial charge in [-0.3, -0.25) is 19.2 Å². The van der Waals surface area contributed by atoms with E-state index >= 15 is 0 Å². The van der Waals surface area contributed by atoms with Crippen molar-refractivity contribution in [2.24, 2.45) is 0 Å². The molecule has 170 valence electrons. The van der Waals surface area contributed by atoms with Crippen LogP contribution in [-0.2, 0) is 19.1 Å². The van der Waals surface area contributed by atoms with Gasteiger partial charge in [-0.1, -0.05) is 23.8 Å². The molecule has 4 rings (SSSR count). The Balaban J connectivity index is 1.49. The Kier molecular flexibility index (Phi) is 6.48. The van der Waals surface area contributed by atoms with Crippen molar-refractivity contribution in [3.05, 3.63) is 47.0 Å². The number of esters is 1. The third-order valence-corrected chi connectivity index (χ3v) is 6.28. The normalized spacial score (nSPS) is 29.7. The third-order valence-electron chi connectivity index (χ3n) is 6.03. The number of nitrogens with zero attached hydrogens (tertiary/aromatic N) is 1. The summed E-state index contributed by atoms with van der Waals surface area (Å²) in [6.07, 6.45) is 4.30. The maximum Gasteiger partial charge on any atom is 0.310 e. The summed E-state index contributed by atoms with van der Waals surface area (Å²) in [7, 11) is 0. The van der Waals surface area contributed by atoms with Gasteiger partial charge in [0.25, 0.3) is 5.91 Å². The number of carbonyl (C=O) groups excluding carboxylic acids is 4. The number of rotatable bonds is 4. The zero-order valence-electron chi connectivity index (χ0n) is 17.2. The van der Waals surface area contributed by atoms with Crippen LogP contribution >= 0.6 is 11.6 Å². The van der Waals surface area contributed by atoms with Crippen molar-refractivity contribution in [3.63, 3.8) is 0 Å². The molecule has 0 aromatic heterocycles. The van der Waals surface area contributed by atoms with Gasteiger partial charge in [-0.2, -0.15) is 0 Å². The van der Waals surface area contributed by atoms with E-state index in [2.05, 4.69) is 15.4 Å². The van der Waals surface area contributed by atoms with Crippen molar-refractivity contribution in [2.45, 2.75) is 62.6 Å². The monoisotopic (exact) mass is 461 g/mol. The van der Waals surface area contributed by atoms with Gasteiger partial charge in [-0.05, 0) is 49.9 Å². The largest absolute Gasteiger partial charge is 0.434 e. The lowest BCUT2D eigenvalue weighted by Crippen LogP contribution is -2.57. The zero-order chi connectivity index (χ0) is 22.8. The molecule has 3 aliphatic heterocycles. The second-order valence-electron chi connectivity index (χ2n) is 8.17. The summed E-state index contributed by atoms with van der Waals surface area (Å²) in [6.45, 7) is 0. The van der Waals surface area contributed by atoms with Gasteiger partial charge in [0.05, 0.1) is 6.42 Å². The van der Waals surface area contributed by atoms with E-state index in [1.807, 2.05) is 12.2 Å². The highest BCUT2D eigenvalue weighted by atomic mass is 35.5. The van der Waals surface area contributed by atoms with E-state index in [9.17, 15) is 24.3 Å². The number of aliphatic hydroxyl groups excluding tert-OH is 1. The van der Waals surface area contributed by atoms with E-state index in [1.165, 1.54) is 4.90 Å². The fourth-order valence-electron chi connectivity index (χ4n) is 4.38. The molecule has 1 aromatic rings. The van der Waals surface area contributed by atoms with Crippen LogP contribution in [0.5, 0.6) is 0 Å². The second kappa shape index (κ2) is 9.30. The molecule has 0 radical (unpaired) electrons. The number of carbonyl (C=O) groups is 4. The predicted molar refractivity (Wildman–Crippen MR) is 113 cm³/mol. The van der Waals surface area contributed by atoms with Crippen LogP contribution in [0.25, 0.3) is 0 Å². The SMILES string of the molecule is O=C1CC(NC(=O)[C@@H]2CC[C@H]3CC=CC[C@H](NC(=O)c4ccc(Cl)cc4)C(=O)N32)C(O)O1. The highest BCUT2D eigenvalue weighted by Crippen LogP contribution is 2.30. The molecule has 9 nitrogen and oxygen atoms in total. The summed E-state index contributed by atoms with van der Waals surface area (Å²) in [4.78, 5) is 51.9. The van der Waals surface area contributed by atoms with E-state index in [1.54, 1.807) is 24.3 Å². The number of hydrogen-bond donors (Lipinski definition) is 3. The van der Waals surface area contributed by atoms with Crippen LogP contribution in [0.1, 0.15) is 42.5 Å². The summed E-state index contributed by atoms with van der Waals surface area (Å²) in [5.74, 6) is -1.78. The summed E-state index contributed by atoms with van der Waals surface area (Å²) in [5.41, 5.74) is 0.375.